The van der Waals surface area contributed by atoms with Gasteiger partial charge in [-0.2, -0.15) is 0 Å². The number of carbonyl (C=O) groups excluding carboxylic acids is 1. The molecule has 0 spiro atoms. The van der Waals surface area contributed by atoms with Gasteiger partial charge in [0.15, 0.2) is 0 Å². The number of aromatic carboxylic acids is 1. The Morgan fingerprint density at radius 3 is 2.67 bits per heavy atom. The summed E-state index contributed by atoms with van der Waals surface area (Å²) in [4.78, 5) is 22.4. The van der Waals surface area contributed by atoms with Crippen molar-refractivity contribution in [3.63, 3.8) is 0 Å². The van der Waals surface area contributed by atoms with Crippen LogP contribution >= 0.6 is 11.6 Å². The van der Waals surface area contributed by atoms with Gasteiger partial charge >= 0.3 is 5.97 Å². The quantitative estimate of drug-likeness (QED) is 0.855. The maximum atomic E-state index is 11.8. The fourth-order valence-electron chi connectivity index (χ4n) is 1.26. The van der Waals surface area contributed by atoms with Gasteiger partial charge in [-0.15, -0.1) is 0 Å². The Morgan fingerprint density at radius 2 is 2.11 bits per heavy atom. The maximum absolute atomic E-state index is 11.8. The van der Waals surface area contributed by atoms with Gasteiger partial charge in [0.25, 0.3) is 0 Å². The predicted octanol–water partition coefficient (Wildman–Crippen LogP) is 1.28. The summed E-state index contributed by atoms with van der Waals surface area (Å²) in [5, 5.41) is 11.5. The number of carbonyl (C=O) groups is 2. The predicted molar refractivity (Wildman–Crippen MR) is 68.4 cm³/mol. The molecule has 0 bridgehead atoms. The van der Waals surface area contributed by atoms with E-state index in [1.54, 1.807) is 6.92 Å². The van der Waals surface area contributed by atoms with Crippen molar-refractivity contribution in [2.75, 3.05) is 12.3 Å². The Hall–Kier alpha value is -1.40. The van der Waals surface area contributed by atoms with Gasteiger partial charge in [-0.1, -0.05) is 11.6 Å². The number of benzene rings is 1. The summed E-state index contributed by atoms with van der Waals surface area (Å²) in [6, 6.07) is 4.03. The molecule has 5 nitrogen and oxygen atoms in total. The normalized spacial score (nSPS) is 11.9. The molecule has 7 heteroatoms. The van der Waals surface area contributed by atoms with E-state index in [9.17, 15) is 13.8 Å². The van der Waals surface area contributed by atoms with Crippen LogP contribution in [-0.4, -0.2) is 33.5 Å². The highest BCUT2D eigenvalue weighted by molar-refractivity contribution is 7.85. The van der Waals surface area contributed by atoms with Gasteiger partial charge < -0.3 is 10.4 Å². The molecule has 0 aliphatic carbocycles. The van der Waals surface area contributed by atoms with Crippen molar-refractivity contribution >= 4 is 34.3 Å². The van der Waals surface area contributed by atoms with Crippen molar-refractivity contribution in [2.24, 2.45) is 0 Å². The van der Waals surface area contributed by atoms with Crippen LogP contribution in [0.1, 0.15) is 17.3 Å². The van der Waals surface area contributed by atoms with Crippen molar-refractivity contribution in [3.8, 4) is 0 Å². The molecule has 18 heavy (non-hydrogen) atoms. The zero-order valence-electron chi connectivity index (χ0n) is 9.60. The number of amides is 1. The molecule has 1 aromatic carbocycles. The van der Waals surface area contributed by atoms with Crippen molar-refractivity contribution < 1.29 is 18.9 Å². The third kappa shape index (κ3) is 3.82. The molecule has 0 saturated heterocycles. The lowest BCUT2D eigenvalue weighted by molar-refractivity contribution is -0.118. The molecule has 0 saturated carbocycles. The Labute approximate surface area is 112 Å². The van der Waals surface area contributed by atoms with E-state index in [-0.39, 0.29) is 27.1 Å². The van der Waals surface area contributed by atoms with E-state index in [0.717, 1.165) is 0 Å². The minimum atomic E-state index is -1.58. The number of nitrogens with one attached hydrogen (secondary N) is 1. The van der Waals surface area contributed by atoms with E-state index in [1.165, 1.54) is 18.2 Å². The summed E-state index contributed by atoms with van der Waals surface area (Å²) < 4.78 is 11.8. The molecule has 1 amide bonds. The van der Waals surface area contributed by atoms with Crippen LogP contribution in [0.5, 0.6) is 0 Å². The fraction of sp³-hybridized carbons (Fsp3) is 0.273. The number of carboxylic acids is 1. The molecule has 0 aromatic heterocycles. The number of rotatable bonds is 5. The highest BCUT2D eigenvalue weighted by Crippen LogP contribution is 2.19. The first-order valence-corrected chi connectivity index (χ1v) is 6.83. The maximum Gasteiger partial charge on any atom is 0.337 e. The van der Waals surface area contributed by atoms with Crippen LogP contribution in [0.3, 0.4) is 0 Å². The van der Waals surface area contributed by atoms with E-state index in [0.29, 0.717) is 6.54 Å². The van der Waals surface area contributed by atoms with Crippen LogP contribution in [0.4, 0.5) is 0 Å². The summed E-state index contributed by atoms with van der Waals surface area (Å²) in [5.74, 6) is -1.74. The van der Waals surface area contributed by atoms with Gasteiger partial charge in [0.2, 0.25) is 5.91 Å². The molecule has 0 heterocycles. The zero-order valence-corrected chi connectivity index (χ0v) is 11.2. The Kier molecular flexibility index (Phi) is 5.30. The lowest BCUT2D eigenvalue weighted by Crippen LogP contribution is -2.27. The second-order valence-corrected chi connectivity index (χ2v) is 5.25. The molecule has 2 N–H and O–H groups in total. The van der Waals surface area contributed by atoms with Gasteiger partial charge in [0.1, 0.15) is 5.75 Å². The molecule has 0 aliphatic rings. The van der Waals surface area contributed by atoms with Crippen LogP contribution in [0.15, 0.2) is 23.1 Å². The Morgan fingerprint density at radius 1 is 1.44 bits per heavy atom. The first-order valence-electron chi connectivity index (χ1n) is 5.13. The second-order valence-electron chi connectivity index (χ2n) is 3.39. The minimum Gasteiger partial charge on any atom is -0.478 e. The highest BCUT2D eigenvalue weighted by Gasteiger charge is 2.14. The van der Waals surface area contributed by atoms with E-state index >= 15 is 0 Å². The van der Waals surface area contributed by atoms with E-state index in [4.69, 9.17) is 16.7 Å². The van der Waals surface area contributed by atoms with Crippen LogP contribution in [0, 0.1) is 0 Å². The molecule has 1 unspecified atom stereocenters. The first-order chi connectivity index (χ1) is 8.45. The van der Waals surface area contributed by atoms with Crippen molar-refractivity contribution in [1.82, 2.24) is 5.32 Å². The summed E-state index contributed by atoms with van der Waals surface area (Å²) in [6.45, 7) is 2.21. The molecule has 1 rings (SSSR count). The third-order valence-corrected chi connectivity index (χ3v) is 3.70. The summed E-state index contributed by atoms with van der Waals surface area (Å²) in [7, 11) is -1.58. The van der Waals surface area contributed by atoms with Gasteiger partial charge in [-0.25, -0.2) is 4.79 Å². The number of halogens is 1. The highest BCUT2D eigenvalue weighted by atomic mass is 35.5. The monoisotopic (exact) mass is 289 g/mol. The molecule has 1 aromatic rings. The average Bonchev–Trinajstić information content (AvgIpc) is 2.29. The van der Waals surface area contributed by atoms with Crippen molar-refractivity contribution in [2.45, 2.75) is 11.8 Å². The third-order valence-electron chi connectivity index (χ3n) is 2.07. The number of hydrogen-bond donors (Lipinski definition) is 2. The van der Waals surface area contributed by atoms with E-state index < -0.39 is 16.8 Å². The fourth-order valence-corrected chi connectivity index (χ4v) is 2.43. The molecule has 0 fully saturated rings. The van der Waals surface area contributed by atoms with Gasteiger partial charge in [0, 0.05) is 11.4 Å². The number of carboxylic acid groups (broad SMARTS) is 1. The van der Waals surface area contributed by atoms with Gasteiger partial charge in [-0.3, -0.25) is 9.00 Å². The standard InChI is InChI=1S/C11H12ClNO4S/c1-2-13-10(14)6-18(17)7-3-4-9(12)8(5-7)11(15)16/h3-5H,2,6H2,1H3,(H,13,14)(H,15,16). The summed E-state index contributed by atoms with van der Waals surface area (Å²) >= 11 is 5.69. The Balaban J connectivity index is 2.90. The largest absolute Gasteiger partial charge is 0.478 e. The van der Waals surface area contributed by atoms with Gasteiger partial charge in [0.05, 0.1) is 21.4 Å². The molecule has 1 atom stereocenters. The number of hydrogen-bond acceptors (Lipinski definition) is 3. The van der Waals surface area contributed by atoms with E-state index in [2.05, 4.69) is 5.32 Å². The second kappa shape index (κ2) is 6.51. The molecule has 98 valence electrons. The summed E-state index contributed by atoms with van der Waals surface area (Å²) in [5.41, 5.74) is -0.126. The van der Waals surface area contributed by atoms with Crippen LogP contribution in [-0.2, 0) is 15.6 Å². The van der Waals surface area contributed by atoms with Gasteiger partial charge in [-0.05, 0) is 25.1 Å². The molecular weight excluding hydrogens is 278 g/mol. The lowest BCUT2D eigenvalue weighted by atomic mass is 10.2. The summed E-state index contributed by atoms with van der Waals surface area (Å²) in [6.07, 6.45) is 0. The lowest BCUT2D eigenvalue weighted by Gasteiger charge is -2.05. The molecule has 0 radical (unpaired) electrons. The average molecular weight is 290 g/mol. The van der Waals surface area contributed by atoms with Crippen molar-refractivity contribution in [3.05, 3.63) is 28.8 Å². The molecular formula is C11H12ClNO4S. The van der Waals surface area contributed by atoms with Crippen molar-refractivity contribution in [1.29, 1.82) is 0 Å². The smallest absolute Gasteiger partial charge is 0.337 e. The van der Waals surface area contributed by atoms with Crippen LogP contribution in [0.2, 0.25) is 5.02 Å². The van der Waals surface area contributed by atoms with E-state index in [1.807, 2.05) is 0 Å². The van der Waals surface area contributed by atoms with Crippen LogP contribution in [0.25, 0.3) is 0 Å². The zero-order chi connectivity index (χ0) is 13.7. The Bertz CT molecular complexity index is 504. The van der Waals surface area contributed by atoms with Crippen LogP contribution < -0.4 is 5.32 Å². The first kappa shape index (κ1) is 14.7. The topological polar surface area (TPSA) is 83.5 Å². The SMILES string of the molecule is CCNC(=O)CS(=O)c1ccc(Cl)c(C(=O)O)c1. The minimum absolute atomic E-state index is 0.0706. The molecule has 0 aliphatic heterocycles.